The molecule has 1 fully saturated rings. The Kier molecular flexibility index (Phi) is 3.02. The summed E-state index contributed by atoms with van der Waals surface area (Å²) in [6.45, 7) is 0.118. The number of para-hydroxylation sites is 1. The Morgan fingerprint density at radius 1 is 1.33 bits per heavy atom. The van der Waals surface area contributed by atoms with Crippen LogP contribution in [0.4, 0.5) is 5.69 Å². The predicted octanol–water partition coefficient (Wildman–Crippen LogP) is 1.64. The van der Waals surface area contributed by atoms with E-state index in [0.29, 0.717) is 0 Å². The largest absolute Gasteiger partial charge is 0.396 e. The van der Waals surface area contributed by atoms with E-state index in [1.54, 1.807) is 0 Å². The molecule has 0 spiro atoms. The van der Waals surface area contributed by atoms with Crippen LogP contribution in [0.15, 0.2) is 30.3 Å². The zero-order valence-electron chi connectivity index (χ0n) is 8.52. The number of anilines is 1. The first-order chi connectivity index (χ1) is 7.31. The lowest BCUT2D eigenvalue weighted by molar-refractivity contribution is -0.125. The van der Waals surface area contributed by atoms with E-state index >= 15 is 0 Å². The molecule has 15 heavy (non-hydrogen) atoms. The summed E-state index contributed by atoms with van der Waals surface area (Å²) in [7, 11) is 0. The van der Waals surface area contributed by atoms with E-state index in [9.17, 15) is 4.79 Å². The highest BCUT2D eigenvalue weighted by Gasteiger charge is 2.35. The number of aliphatic hydroxyl groups excluding tert-OH is 1. The normalized spacial score (nSPS) is 24.3. The van der Waals surface area contributed by atoms with Crippen LogP contribution in [0.1, 0.15) is 12.8 Å². The molecule has 2 atom stereocenters. The molecule has 3 heteroatoms. The van der Waals surface area contributed by atoms with Crippen molar-refractivity contribution in [3.05, 3.63) is 30.3 Å². The maximum absolute atomic E-state index is 11.7. The molecule has 1 saturated carbocycles. The van der Waals surface area contributed by atoms with E-state index in [1.165, 1.54) is 0 Å². The standard InChI is InChI=1S/C12H15NO2/c14-8-9-6-7-11(9)12(15)13-10-4-2-1-3-5-10/h1-5,9,11,14H,6-8H2,(H,13,15). The molecule has 0 aliphatic heterocycles. The molecule has 0 heterocycles. The first-order valence-corrected chi connectivity index (χ1v) is 5.28. The number of amides is 1. The highest BCUT2D eigenvalue weighted by molar-refractivity contribution is 5.93. The summed E-state index contributed by atoms with van der Waals surface area (Å²) in [6, 6.07) is 9.42. The van der Waals surface area contributed by atoms with E-state index in [1.807, 2.05) is 30.3 Å². The Morgan fingerprint density at radius 2 is 2.07 bits per heavy atom. The molecule has 0 radical (unpaired) electrons. The van der Waals surface area contributed by atoms with E-state index in [2.05, 4.69) is 5.32 Å². The monoisotopic (exact) mass is 205 g/mol. The van der Waals surface area contributed by atoms with E-state index in [-0.39, 0.29) is 24.3 Å². The predicted molar refractivity (Wildman–Crippen MR) is 58.4 cm³/mol. The summed E-state index contributed by atoms with van der Waals surface area (Å²) in [5, 5.41) is 11.8. The Bertz CT molecular complexity index is 335. The lowest BCUT2D eigenvalue weighted by atomic mass is 9.73. The minimum atomic E-state index is -0.00444. The SMILES string of the molecule is O=C(Nc1ccccc1)C1CCC1CO. The third-order valence-corrected chi connectivity index (χ3v) is 3.03. The van der Waals surface area contributed by atoms with E-state index in [0.717, 1.165) is 18.5 Å². The molecule has 2 unspecified atom stereocenters. The molecular formula is C12H15NO2. The van der Waals surface area contributed by atoms with Crippen LogP contribution in [0.3, 0.4) is 0 Å². The lowest BCUT2D eigenvalue weighted by Gasteiger charge is -2.33. The van der Waals surface area contributed by atoms with Crippen molar-refractivity contribution in [1.82, 2.24) is 0 Å². The molecule has 2 N–H and O–H groups in total. The summed E-state index contributed by atoms with van der Waals surface area (Å²) in [6.07, 6.45) is 1.85. The first-order valence-electron chi connectivity index (χ1n) is 5.28. The Hall–Kier alpha value is -1.35. The van der Waals surface area contributed by atoms with E-state index in [4.69, 9.17) is 5.11 Å². The molecule has 3 nitrogen and oxygen atoms in total. The van der Waals surface area contributed by atoms with Crippen LogP contribution in [0.25, 0.3) is 0 Å². The second kappa shape index (κ2) is 4.45. The Morgan fingerprint density at radius 3 is 2.60 bits per heavy atom. The van der Waals surface area contributed by atoms with Gasteiger partial charge in [0, 0.05) is 18.2 Å². The van der Waals surface area contributed by atoms with Gasteiger partial charge in [-0.2, -0.15) is 0 Å². The molecule has 0 saturated heterocycles. The van der Waals surface area contributed by atoms with Crippen molar-refractivity contribution in [3.8, 4) is 0 Å². The summed E-state index contributed by atoms with van der Waals surface area (Å²) < 4.78 is 0. The molecule has 0 bridgehead atoms. The molecule has 1 aromatic carbocycles. The third kappa shape index (κ3) is 2.18. The van der Waals surface area contributed by atoms with Gasteiger partial charge in [-0.3, -0.25) is 4.79 Å². The van der Waals surface area contributed by atoms with Crippen molar-refractivity contribution in [2.45, 2.75) is 12.8 Å². The maximum Gasteiger partial charge on any atom is 0.227 e. The quantitative estimate of drug-likeness (QED) is 0.788. The van der Waals surface area contributed by atoms with Gasteiger partial charge in [0.1, 0.15) is 0 Å². The molecule has 1 aliphatic rings. The van der Waals surface area contributed by atoms with Gasteiger partial charge in [0.2, 0.25) is 5.91 Å². The summed E-state index contributed by atoms with van der Waals surface area (Å²) in [4.78, 5) is 11.7. The minimum absolute atomic E-state index is 0.00444. The molecule has 1 amide bonds. The average Bonchev–Trinajstić information content (AvgIpc) is 2.18. The fourth-order valence-corrected chi connectivity index (χ4v) is 1.89. The number of benzene rings is 1. The highest BCUT2D eigenvalue weighted by atomic mass is 16.3. The zero-order chi connectivity index (χ0) is 10.7. The molecular weight excluding hydrogens is 190 g/mol. The summed E-state index contributed by atoms with van der Waals surface area (Å²) >= 11 is 0. The van der Waals surface area contributed by atoms with Crippen LogP contribution in [0.2, 0.25) is 0 Å². The summed E-state index contributed by atoms with van der Waals surface area (Å²) in [5.74, 6) is 0.190. The van der Waals surface area contributed by atoms with Crippen molar-refractivity contribution >= 4 is 11.6 Å². The second-order valence-electron chi connectivity index (χ2n) is 3.98. The zero-order valence-corrected chi connectivity index (χ0v) is 8.52. The highest BCUT2D eigenvalue weighted by Crippen LogP contribution is 2.34. The molecule has 0 aromatic heterocycles. The number of hydrogen-bond donors (Lipinski definition) is 2. The van der Waals surface area contributed by atoms with Gasteiger partial charge in [-0.1, -0.05) is 18.2 Å². The van der Waals surface area contributed by atoms with Gasteiger partial charge in [-0.25, -0.2) is 0 Å². The Balaban J connectivity index is 1.93. The number of carbonyl (C=O) groups is 1. The molecule has 2 rings (SSSR count). The Labute approximate surface area is 89.1 Å². The van der Waals surface area contributed by atoms with Gasteiger partial charge in [-0.15, -0.1) is 0 Å². The van der Waals surface area contributed by atoms with Crippen molar-refractivity contribution < 1.29 is 9.90 Å². The van der Waals surface area contributed by atoms with Crippen molar-refractivity contribution in [2.24, 2.45) is 11.8 Å². The van der Waals surface area contributed by atoms with Crippen LogP contribution in [-0.2, 0) is 4.79 Å². The third-order valence-electron chi connectivity index (χ3n) is 3.03. The van der Waals surface area contributed by atoms with Crippen LogP contribution in [0.5, 0.6) is 0 Å². The van der Waals surface area contributed by atoms with Gasteiger partial charge < -0.3 is 10.4 Å². The van der Waals surface area contributed by atoms with Crippen LogP contribution >= 0.6 is 0 Å². The molecule has 1 aromatic rings. The molecule has 1 aliphatic carbocycles. The summed E-state index contributed by atoms with van der Waals surface area (Å²) in [5.41, 5.74) is 0.825. The number of hydrogen-bond acceptors (Lipinski definition) is 2. The number of nitrogens with one attached hydrogen (secondary N) is 1. The fraction of sp³-hybridized carbons (Fsp3) is 0.417. The molecule has 80 valence electrons. The smallest absolute Gasteiger partial charge is 0.227 e. The minimum Gasteiger partial charge on any atom is -0.396 e. The number of carbonyl (C=O) groups excluding carboxylic acids is 1. The van der Waals surface area contributed by atoms with Crippen LogP contribution in [0, 0.1) is 11.8 Å². The van der Waals surface area contributed by atoms with Crippen LogP contribution < -0.4 is 5.32 Å². The van der Waals surface area contributed by atoms with Gasteiger partial charge in [0.15, 0.2) is 0 Å². The first kappa shape index (κ1) is 10.2. The maximum atomic E-state index is 11.7. The lowest BCUT2D eigenvalue weighted by Crippen LogP contribution is -2.38. The van der Waals surface area contributed by atoms with Crippen LogP contribution in [-0.4, -0.2) is 17.6 Å². The van der Waals surface area contributed by atoms with Crippen molar-refractivity contribution in [2.75, 3.05) is 11.9 Å². The van der Waals surface area contributed by atoms with Gasteiger partial charge >= 0.3 is 0 Å². The fourth-order valence-electron chi connectivity index (χ4n) is 1.89. The van der Waals surface area contributed by atoms with E-state index < -0.39 is 0 Å². The number of aliphatic hydroxyl groups is 1. The second-order valence-corrected chi connectivity index (χ2v) is 3.98. The van der Waals surface area contributed by atoms with Gasteiger partial charge in [0.25, 0.3) is 0 Å². The van der Waals surface area contributed by atoms with Gasteiger partial charge in [-0.05, 0) is 30.9 Å². The topological polar surface area (TPSA) is 49.3 Å². The van der Waals surface area contributed by atoms with Gasteiger partial charge in [0.05, 0.1) is 0 Å². The van der Waals surface area contributed by atoms with Crippen molar-refractivity contribution in [1.29, 1.82) is 0 Å². The average molecular weight is 205 g/mol. The number of rotatable bonds is 3. The van der Waals surface area contributed by atoms with Crippen molar-refractivity contribution in [3.63, 3.8) is 0 Å².